The standard InChI is InChI=1S/C10H22N2.C2HF3O2/c1-3-10(4-2)12-8-5-6-11-7-9-12;3-2(4,5)1(6)7/h10-11H,3-9H2,1-2H3;(H,6,7). The van der Waals surface area contributed by atoms with Crippen LogP contribution in [0.1, 0.15) is 33.1 Å². The van der Waals surface area contributed by atoms with Gasteiger partial charge in [-0.15, -0.1) is 0 Å². The molecule has 19 heavy (non-hydrogen) atoms. The van der Waals surface area contributed by atoms with E-state index in [0.717, 1.165) is 6.04 Å². The molecule has 1 rings (SSSR count). The average molecular weight is 284 g/mol. The Morgan fingerprint density at radius 2 is 1.79 bits per heavy atom. The molecule has 1 aliphatic rings. The minimum Gasteiger partial charge on any atom is -0.542 e. The molecule has 0 bridgehead atoms. The topological polar surface area (TPSA) is 56.6 Å². The SMILES string of the molecule is CCC(CC)[NH+]1CCCNCC1.O=C([O-])C(F)(F)F. The lowest BCUT2D eigenvalue weighted by molar-refractivity contribution is -0.923. The van der Waals surface area contributed by atoms with Crippen LogP contribution in [0.3, 0.4) is 0 Å². The van der Waals surface area contributed by atoms with Crippen molar-refractivity contribution in [1.29, 1.82) is 0 Å². The van der Waals surface area contributed by atoms with Crippen LogP contribution in [0.25, 0.3) is 0 Å². The van der Waals surface area contributed by atoms with Gasteiger partial charge in [0.15, 0.2) is 0 Å². The fourth-order valence-corrected chi connectivity index (χ4v) is 2.21. The molecule has 0 saturated carbocycles. The zero-order valence-corrected chi connectivity index (χ0v) is 11.5. The Kier molecular flexibility index (Phi) is 8.75. The maximum Gasteiger partial charge on any atom is 0.430 e. The van der Waals surface area contributed by atoms with E-state index >= 15 is 0 Å². The number of rotatable bonds is 3. The average Bonchev–Trinajstić information content (AvgIpc) is 2.59. The number of halogens is 3. The highest BCUT2D eigenvalue weighted by Crippen LogP contribution is 2.11. The summed E-state index contributed by atoms with van der Waals surface area (Å²) in [7, 11) is 0. The molecule has 0 aromatic carbocycles. The van der Waals surface area contributed by atoms with Gasteiger partial charge in [-0.05, 0) is 12.8 Å². The van der Waals surface area contributed by atoms with Crippen LogP contribution in [0.15, 0.2) is 0 Å². The molecule has 1 unspecified atom stereocenters. The highest BCUT2D eigenvalue weighted by molar-refractivity contribution is 5.70. The first kappa shape index (κ1) is 18.2. The van der Waals surface area contributed by atoms with Crippen molar-refractivity contribution in [2.24, 2.45) is 0 Å². The fraction of sp³-hybridized carbons (Fsp3) is 0.917. The number of carbonyl (C=O) groups is 1. The molecule has 0 radical (unpaired) electrons. The van der Waals surface area contributed by atoms with Gasteiger partial charge in [-0.25, -0.2) is 0 Å². The Labute approximate surface area is 112 Å². The van der Waals surface area contributed by atoms with Crippen molar-refractivity contribution in [3.63, 3.8) is 0 Å². The molecule has 1 fully saturated rings. The third-order valence-corrected chi connectivity index (χ3v) is 3.27. The van der Waals surface area contributed by atoms with Gasteiger partial charge in [-0.3, -0.25) is 0 Å². The van der Waals surface area contributed by atoms with Gasteiger partial charge < -0.3 is 20.1 Å². The van der Waals surface area contributed by atoms with E-state index in [1.807, 2.05) is 4.90 Å². The van der Waals surface area contributed by atoms with Gasteiger partial charge in [0, 0.05) is 19.5 Å². The zero-order valence-electron chi connectivity index (χ0n) is 11.5. The lowest BCUT2D eigenvalue weighted by Gasteiger charge is -2.25. The second-order valence-corrected chi connectivity index (χ2v) is 4.56. The smallest absolute Gasteiger partial charge is 0.430 e. The first-order valence-electron chi connectivity index (χ1n) is 6.66. The van der Waals surface area contributed by atoms with E-state index in [1.54, 1.807) is 0 Å². The predicted molar refractivity (Wildman–Crippen MR) is 63.6 cm³/mol. The predicted octanol–water partition coefficient (Wildman–Crippen LogP) is -0.648. The molecule has 2 N–H and O–H groups in total. The second-order valence-electron chi connectivity index (χ2n) is 4.56. The Morgan fingerprint density at radius 1 is 1.26 bits per heavy atom. The number of carboxylic acids is 1. The molecule has 0 aromatic heterocycles. The van der Waals surface area contributed by atoms with Gasteiger partial charge in [0.2, 0.25) is 0 Å². The Balaban J connectivity index is 0.000000399. The maximum absolute atomic E-state index is 10.5. The Bertz CT molecular complexity index is 248. The van der Waals surface area contributed by atoms with Crippen molar-refractivity contribution in [2.45, 2.75) is 45.3 Å². The van der Waals surface area contributed by atoms with Gasteiger partial charge >= 0.3 is 6.18 Å². The van der Waals surface area contributed by atoms with Crippen LogP contribution in [0, 0.1) is 0 Å². The van der Waals surface area contributed by atoms with Gasteiger partial charge in [-0.2, -0.15) is 13.2 Å². The van der Waals surface area contributed by atoms with Gasteiger partial charge in [0.1, 0.15) is 5.97 Å². The van der Waals surface area contributed by atoms with Crippen LogP contribution in [0.2, 0.25) is 0 Å². The quantitative estimate of drug-likeness (QED) is 0.724. The van der Waals surface area contributed by atoms with Crippen molar-refractivity contribution in [3.05, 3.63) is 0 Å². The first-order chi connectivity index (χ1) is 8.82. The van der Waals surface area contributed by atoms with Crippen molar-refractivity contribution < 1.29 is 28.0 Å². The molecule has 0 spiro atoms. The van der Waals surface area contributed by atoms with Crippen LogP contribution >= 0.6 is 0 Å². The van der Waals surface area contributed by atoms with E-state index in [4.69, 9.17) is 9.90 Å². The summed E-state index contributed by atoms with van der Waals surface area (Å²) in [5.41, 5.74) is 0. The monoisotopic (exact) mass is 284 g/mol. The number of nitrogens with one attached hydrogen (secondary N) is 2. The Hall–Kier alpha value is -0.820. The molecule has 114 valence electrons. The summed E-state index contributed by atoms with van der Waals surface area (Å²) in [6, 6.07) is 0.907. The summed E-state index contributed by atoms with van der Waals surface area (Å²) in [5.74, 6) is -3.01. The van der Waals surface area contributed by atoms with Crippen LogP contribution in [0.4, 0.5) is 13.2 Å². The summed E-state index contributed by atoms with van der Waals surface area (Å²) in [4.78, 5) is 10.6. The van der Waals surface area contributed by atoms with Gasteiger partial charge in [-0.1, -0.05) is 13.8 Å². The molecule has 1 heterocycles. The summed E-state index contributed by atoms with van der Waals surface area (Å²) in [5, 5.41) is 12.2. The highest BCUT2D eigenvalue weighted by atomic mass is 19.4. The lowest BCUT2D eigenvalue weighted by atomic mass is 10.1. The van der Waals surface area contributed by atoms with Crippen molar-refractivity contribution in [3.8, 4) is 0 Å². The molecule has 0 aliphatic carbocycles. The van der Waals surface area contributed by atoms with Crippen LogP contribution in [-0.4, -0.2) is 44.4 Å². The zero-order chi connectivity index (χ0) is 14.9. The summed E-state index contributed by atoms with van der Waals surface area (Å²) >= 11 is 0. The van der Waals surface area contributed by atoms with Crippen molar-refractivity contribution in [1.82, 2.24) is 5.32 Å². The summed E-state index contributed by atoms with van der Waals surface area (Å²) in [6.45, 7) is 9.78. The van der Waals surface area contributed by atoms with Gasteiger partial charge in [0.25, 0.3) is 0 Å². The molecule has 4 nitrogen and oxygen atoms in total. The number of carbonyl (C=O) groups excluding carboxylic acids is 1. The second kappa shape index (κ2) is 9.14. The molecule has 0 amide bonds. The van der Waals surface area contributed by atoms with Crippen LogP contribution in [0.5, 0.6) is 0 Å². The molecular weight excluding hydrogens is 261 g/mol. The fourth-order valence-electron chi connectivity index (χ4n) is 2.21. The van der Waals surface area contributed by atoms with Crippen molar-refractivity contribution >= 4 is 5.97 Å². The van der Waals surface area contributed by atoms with Crippen molar-refractivity contribution in [2.75, 3.05) is 26.2 Å². The Morgan fingerprint density at radius 3 is 2.21 bits per heavy atom. The summed E-state index contributed by atoms with van der Waals surface area (Å²) < 4.78 is 31.5. The van der Waals surface area contributed by atoms with Crippen LogP contribution in [-0.2, 0) is 4.79 Å². The third kappa shape index (κ3) is 8.05. The summed E-state index contributed by atoms with van der Waals surface area (Å²) in [6.07, 6.45) is -1.16. The van der Waals surface area contributed by atoms with E-state index in [2.05, 4.69) is 19.2 Å². The molecule has 7 heteroatoms. The number of hydrogen-bond acceptors (Lipinski definition) is 3. The largest absolute Gasteiger partial charge is 0.542 e. The number of aliphatic carboxylic acids is 1. The molecule has 1 aliphatic heterocycles. The van der Waals surface area contributed by atoms with Gasteiger partial charge in [0.05, 0.1) is 19.1 Å². The maximum atomic E-state index is 10.5. The van der Waals surface area contributed by atoms with E-state index in [0.29, 0.717) is 0 Å². The number of hydrogen-bond donors (Lipinski definition) is 2. The number of quaternary nitrogens is 1. The lowest BCUT2D eigenvalue weighted by Crippen LogP contribution is -3.16. The van der Waals surface area contributed by atoms with E-state index < -0.39 is 12.1 Å². The minimum atomic E-state index is -5.19. The molecule has 1 atom stereocenters. The van der Waals surface area contributed by atoms with E-state index in [1.165, 1.54) is 45.4 Å². The first-order valence-corrected chi connectivity index (χ1v) is 6.66. The molecule has 1 saturated heterocycles. The molecular formula is C12H23F3N2O2. The minimum absolute atomic E-state index is 0.907. The number of alkyl halides is 3. The number of carboxylic acid groups (broad SMARTS) is 1. The normalized spacial score (nSPS) is 20.4. The van der Waals surface area contributed by atoms with Crippen LogP contribution < -0.4 is 15.3 Å². The third-order valence-electron chi connectivity index (χ3n) is 3.27. The van der Waals surface area contributed by atoms with E-state index in [9.17, 15) is 13.2 Å². The molecule has 0 aromatic rings. The van der Waals surface area contributed by atoms with E-state index in [-0.39, 0.29) is 0 Å². The highest BCUT2D eigenvalue weighted by Gasteiger charge is 2.28.